The first-order chi connectivity index (χ1) is 10.4. The summed E-state index contributed by atoms with van der Waals surface area (Å²) >= 11 is 0. The number of carboxylic acid groups (broad SMARTS) is 1. The van der Waals surface area contributed by atoms with Crippen LogP contribution in [0.5, 0.6) is 5.75 Å². The van der Waals surface area contributed by atoms with Crippen molar-refractivity contribution in [3.63, 3.8) is 0 Å². The summed E-state index contributed by atoms with van der Waals surface area (Å²) in [7, 11) is 1.32. The number of rotatable bonds is 8. The highest BCUT2D eigenvalue weighted by molar-refractivity contribution is 5.85. The summed E-state index contributed by atoms with van der Waals surface area (Å²) < 4.78 is 18.5. The third-order valence-corrected chi connectivity index (χ3v) is 3.48. The standard InChI is InChI=1S/C16H22FNO4/c1-4-5-6-10(2)15(19)18-14(16(20)21)11-7-8-13(22-3)12(17)9-11/h7-10,14H,4-6H2,1-3H3,(H,18,19)(H,20,21). The van der Waals surface area contributed by atoms with Crippen molar-refractivity contribution in [3.8, 4) is 5.75 Å². The predicted octanol–water partition coefficient (Wildman–Crippen LogP) is 2.90. The molecule has 0 aliphatic rings. The first-order valence-electron chi connectivity index (χ1n) is 7.27. The SMILES string of the molecule is CCCCC(C)C(=O)NC(C(=O)O)c1ccc(OC)c(F)c1. The van der Waals surface area contributed by atoms with Gasteiger partial charge in [-0.1, -0.05) is 32.8 Å². The molecule has 0 aromatic heterocycles. The monoisotopic (exact) mass is 311 g/mol. The molecule has 0 saturated heterocycles. The summed E-state index contributed by atoms with van der Waals surface area (Å²) in [5, 5.41) is 11.7. The van der Waals surface area contributed by atoms with Crippen molar-refractivity contribution in [2.24, 2.45) is 5.92 Å². The van der Waals surface area contributed by atoms with Crippen LogP contribution in [0.2, 0.25) is 0 Å². The second-order valence-corrected chi connectivity index (χ2v) is 5.22. The average Bonchev–Trinajstić information content (AvgIpc) is 2.49. The summed E-state index contributed by atoms with van der Waals surface area (Å²) in [6.07, 6.45) is 2.54. The van der Waals surface area contributed by atoms with Crippen molar-refractivity contribution in [2.75, 3.05) is 7.11 Å². The predicted molar refractivity (Wildman–Crippen MR) is 80.2 cm³/mol. The van der Waals surface area contributed by atoms with Gasteiger partial charge < -0.3 is 15.2 Å². The Morgan fingerprint density at radius 2 is 2.09 bits per heavy atom. The van der Waals surface area contributed by atoms with Gasteiger partial charge in [0.05, 0.1) is 7.11 Å². The molecule has 1 rings (SSSR count). The second kappa shape index (κ2) is 8.36. The molecule has 1 aromatic carbocycles. The Bertz CT molecular complexity index is 533. The van der Waals surface area contributed by atoms with Crippen LogP contribution in [0.4, 0.5) is 4.39 Å². The maximum Gasteiger partial charge on any atom is 0.330 e. The number of carbonyl (C=O) groups is 2. The molecule has 0 spiro atoms. The molecule has 1 aromatic rings. The fraction of sp³-hybridized carbons (Fsp3) is 0.500. The highest BCUT2D eigenvalue weighted by Crippen LogP contribution is 2.22. The summed E-state index contributed by atoms with van der Waals surface area (Å²) in [6, 6.07) is 2.55. The quantitative estimate of drug-likeness (QED) is 0.774. The molecule has 22 heavy (non-hydrogen) atoms. The zero-order chi connectivity index (χ0) is 16.7. The molecule has 2 atom stereocenters. The molecule has 2 N–H and O–H groups in total. The molecule has 6 heteroatoms. The Balaban J connectivity index is 2.88. The third kappa shape index (κ3) is 4.72. The van der Waals surface area contributed by atoms with E-state index < -0.39 is 17.8 Å². The maximum absolute atomic E-state index is 13.7. The molecular weight excluding hydrogens is 289 g/mol. The average molecular weight is 311 g/mol. The van der Waals surface area contributed by atoms with Crippen molar-refractivity contribution < 1.29 is 23.8 Å². The van der Waals surface area contributed by atoms with Gasteiger partial charge in [-0.2, -0.15) is 0 Å². The van der Waals surface area contributed by atoms with Crippen LogP contribution in [0.15, 0.2) is 18.2 Å². The van der Waals surface area contributed by atoms with Gasteiger partial charge in [-0.25, -0.2) is 9.18 Å². The van der Waals surface area contributed by atoms with Gasteiger partial charge in [0.2, 0.25) is 5.91 Å². The highest BCUT2D eigenvalue weighted by atomic mass is 19.1. The zero-order valence-corrected chi connectivity index (χ0v) is 13.1. The van der Waals surface area contributed by atoms with E-state index >= 15 is 0 Å². The van der Waals surface area contributed by atoms with Gasteiger partial charge in [0.1, 0.15) is 0 Å². The lowest BCUT2D eigenvalue weighted by molar-refractivity contribution is -0.142. The lowest BCUT2D eigenvalue weighted by atomic mass is 10.0. The van der Waals surface area contributed by atoms with E-state index in [4.69, 9.17) is 4.74 Å². The normalized spacial score (nSPS) is 13.3. The number of hydrogen-bond acceptors (Lipinski definition) is 3. The van der Waals surface area contributed by atoms with Crippen LogP contribution in [-0.4, -0.2) is 24.1 Å². The molecule has 0 aliphatic carbocycles. The van der Waals surface area contributed by atoms with E-state index in [1.807, 2.05) is 6.92 Å². The van der Waals surface area contributed by atoms with Crippen LogP contribution in [0.3, 0.4) is 0 Å². The van der Waals surface area contributed by atoms with Crippen molar-refractivity contribution in [1.82, 2.24) is 5.32 Å². The van der Waals surface area contributed by atoms with Crippen molar-refractivity contribution in [1.29, 1.82) is 0 Å². The smallest absolute Gasteiger partial charge is 0.330 e. The second-order valence-electron chi connectivity index (χ2n) is 5.22. The molecule has 0 fully saturated rings. The van der Waals surface area contributed by atoms with Crippen LogP contribution in [0.25, 0.3) is 0 Å². The number of unbranched alkanes of at least 4 members (excludes halogenated alkanes) is 1. The number of hydrogen-bond donors (Lipinski definition) is 2. The van der Waals surface area contributed by atoms with E-state index in [9.17, 15) is 19.1 Å². The summed E-state index contributed by atoms with van der Waals surface area (Å²) in [4.78, 5) is 23.4. The van der Waals surface area contributed by atoms with E-state index in [2.05, 4.69) is 5.32 Å². The Kier molecular flexibility index (Phi) is 6.82. The van der Waals surface area contributed by atoms with Crippen LogP contribution in [0, 0.1) is 11.7 Å². The molecule has 0 bridgehead atoms. The van der Waals surface area contributed by atoms with E-state index in [0.717, 1.165) is 18.9 Å². The zero-order valence-electron chi connectivity index (χ0n) is 13.1. The van der Waals surface area contributed by atoms with Crippen molar-refractivity contribution in [3.05, 3.63) is 29.6 Å². The number of benzene rings is 1. The summed E-state index contributed by atoms with van der Waals surface area (Å²) in [5.74, 6) is -2.52. The van der Waals surface area contributed by atoms with Gasteiger partial charge in [0.15, 0.2) is 17.6 Å². The molecule has 0 aliphatic heterocycles. The summed E-state index contributed by atoms with van der Waals surface area (Å²) in [6.45, 7) is 3.77. The lowest BCUT2D eigenvalue weighted by Gasteiger charge is -2.18. The maximum atomic E-state index is 13.7. The van der Waals surface area contributed by atoms with Gasteiger partial charge in [-0.3, -0.25) is 4.79 Å². The van der Waals surface area contributed by atoms with Crippen molar-refractivity contribution in [2.45, 2.75) is 39.2 Å². The Morgan fingerprint density at radius 3 is 2.59 bits per heavy atom. The molecule has 2 unspecified atom stereocenters. The fourth-order valence-electron chi connectivity index (χ4n) is 2.08. The van der Waals surface area contributed by atoms with E-state index in [0.29, 0.717) is 6.42 Å². The number of nitrogens with one attached hydrogen (secondary N) is 1. The number of ether oxygens (including phenoxy) is 1. The Hall–Kier alpha value is -2.11. The van der Waals surface area contributed by atoms with E-state index in [1.54, 1.807) is 6.92 Å². The molecule has 5 nitrogen and oxygen atoms in total. The first kappa shape index (κ1) is 17.9. The fourth-order valence-corrected chi connectivity index (χ4v) is 2.08. The molecule has 0 heterocycles. The Morgan fingerprint density at radius 1 is 1.41 bits per heavy atom. The van der Waals surface area contributed by atoms with Crippen molar-refractivity contribution >= 4 is 11.9 Å². The number of carbonyl (C=O) groups excluding carboxylic acids is 1. The number of halogens is 1. The van der Waals surface area contributed by atoms with Gasteiger partial charge in [-0.05, 0) is 24.1 Å². The van der Waals surface area contributed by atoms with Gasteiger partial charge in [0, 0.05) is 5.92 Å². The minimum Gasteiger partial charge on any atom is -0.494 e. The van der Waals surface area contributed by atoms with Crippen LogP contribution < -0.4 is 10.1 Å². The number of aliphatic carboxylic acids is 1. The van der Waals surface area contributed by atoms with E-state index in [-0.39, 0.29) is 23.1 Å². The number of amides is 1. The van der Waals surface area contributed by atoms with E-state index in [1.165, 1.54) is 19.2 Å². The molecular formula is C16H22FNO4. The molecule has 122 valence electrons. The largest absolute Gasteiger partial charge is 0.494 e. The number of methoxy groups -OCH3 is 1. The topological polar surface area (TPSA) is 75.6 Å². The minimum absolute atomic E-state index is 0.0236. The lowest BCUT2D eigenvalue weighted by Crippen LogP contribution is -2.37. The molecule has 1 amide bonds. The minimum atomic E-state index is -1.28. The summed E-state index contributed by atoms with van der Waals surface area (Å²) in [5.41, 5.74) is 0.168. The van der Waals surface area contributed by atoms with Gasteiger partial charge in [0.25, 0.3) is 0 Å². The number of carboxylic acids is 1. The Labute approximate surface area is 129 Å². The molecule has 0 radical (unpaired) electrons. The van der Waals surface area contributed by atoms with Gasteiger partial charge >= 0.3 is 5.97 Å². The van der Waals surface area contributed by atoms with Crippen LogP contribution >= 0.6 is 0 Å². The third-order valence-electron chi connectivity index (χ3n) is 3.48. The van der Waals surface area contributed by atoms with Gasteiger partial charge in [-0.15, -0.1) is 0 Å². The first-order valence-corrected chi connectivity index (χ1v) is 7.27. The highest BCUT2D eigenvalue weighted by Gasteiger charge is 2.25. The molecule has 0 saturated carbocycles. The van der Waals surface area contributed by atoms with Crippen LogP contribution in [-0.2, 0) is 9.59 Å². The van der Waals surface area contributed by atoms with Crippen LogP contribution in [0.1, 0.15) is 44.7 Å².